The Morgan fingerprint density at radius 2 is 1.42 bits per heavy atom. The third kappa shape index (κ3) is 3.90. The molecule has 2 aliphatic rings. The molecular formula is C28H26N4O4. The van der Waals surface area contributed by atoms with Crippen LogP contribution in [0.25, 0.3) is 0 Å². The van der Waals surface area contributed by atoms with E-state index in [1.165, 1.54) is 0 Å². The van der Waals surface area contributed by atoms with Gasteiger partial charge in [0.15, 0.2) is 5.54 Å². The van der Waals surface area contributed by atoms with Crippen LogP contribution >= 0.6 is 0 Å². The lowest BCUT2D eigenvalue weighted by atomic mass is 9.83. The zero-order valence-corrected chi connectivity index (χ0v) is 19.8. The molecule has 2 aliphatic heterocycles. The van der Waals surface area contributed by atoms with E-state index in [0.717, 1.165) is 10.6 Å². The predicted molar refractivity (Wildman–Crippen MR) is 132 cm³/mol. The van der Waals surface area contributed by atoms with Gasteiger partial charge in [-0.25, -0.2) is 4.79 Å². The lowest BCUT2D eigenvalue weighted by molar-refractivity contribution is -0.140. The summed E-state index contributed by atoms with van der Waals surface area (Å²) in [5.41, 5.74) is 3.13. The van der Waals surface area contributed by atoms with Crippen molar-refractivity contribution in [3.05, 3.63) is 108 Å². The van der Waals surface area contributed by atoms with Crippen molar-refractivity contribution in [2.24, 2.45) is 5.92 Å². The minimum Gasteiger partial charge on any atom is -0.335 e. The lowest BCUT2D eigenvalue weighted by Gasteiger charge is -2.28. The Labute approximate surface area is 208 Å². The topological polar surface area (TPSA) is 98.8 Å². The second kappa shape index (κ2) is 9.30. The van der Waals surface area contributed by atoms with Gasteiger partial charge in [-0.05, 0) is 23.6 Å². The smallest absolute Gasteiger partial charge is 0.335 e. The zero-order chi connectivity index (χ0) is 25.3. The summed E-state index contributed by atoms with van der Waals surface area (Å²) in [6, 6.07) is 26.5. The van der Waals surface area contributed by atoms with Crippen LogP contribution in [0.3, 0.4) is 0 Å². The van der Waals surface area contributed by atoms with Crippen LogP contribution in [-0.2, 0) is 19.9 Å². The zero-order valence-electron chi connectivity index (χ0n) is 19.8. The molecule has 8 nitrogen and oxygen atoms in total. The Bertz CT molecular complexity index is 1260. The first kappa shape index (κ1) is 23.3. The van der Waals surface area contributed by atoms with E-state index < -0.39 is 29.3 Å². The molecule has 2 N–H and O–H groups in total. The van der Waals surface area contributed by atoms with Gasteiger partial charge in [0, 0.05) is 13.0 Å². The van der Waals surface area contributed by atoms with Gasteiger partial charge in [0.2, 0.25) is 11.8 Å². The molecule has 0 radical (unpaired) electrons. The van der Waals surface area contributed by atoms with E-state index in [-0.39, 0.29) is 24.9 Å². The third-order valence-corrected chi connectivity index (χ3v) is 6.94. The van der Waals surface area contributed by atoms with Crippen molar-refractivity contribution in [1.29, 1.82) is 0 Å². The summed E-state index contributed by atoms with van der Waals surface area (Å²) in [6.07, 6.45) is 0.00910. The van der Waals surface area contributed by atoms with E-state index in [4.69, 9.17) is 0 Å². The van der Waals surface area contributed by atoms with Gasteiger partial charge in [-0.2, -0.15) is 5.01 Å². The van der Waals surface area contributed by atoms with Crippen molar-refractivity contribution in [3.63, 3.8) is 0 Å². The van der Waals surface area contributed by atoms with Crippen molar-refractivity contribution < 1.29 is 19.2 Å². The molecule has 182 valence electrons. The van der Waals surface area contributed by atoms with E-state index in [9.17, 15) is 19.2 Å². The van der Waals surface area contributed by atoms with E-state index in [1.807, 2.05) is 49.4 Å². The minimum atomic E-state index is -1.48. The number of carbonyl (C=O) groups excluding carboxylic acids is 4. The molecule has 8 heteroatoms. The van der Waals surface area contributed by atoms with Crippen LogP contribution in [0.15, 0.2) is 91.0 Å². The highest BCUT2D eigenvalue weighted by Crippen LogP contribution is 2.36. The van der Waals surface area contributed by atoms with Gasteiger partial charge in [-0.3, -0.25) is 19.8 Å². The first-order chi connectivity index (χ1) is 17.4. The Kier molecular flexibility index (Phi) is 6.01. The molecule has 0 aromatic heterocycles. The Balaban J connectivity index is 1.37. The molecule has 3 aromatic carbocycles. The summed E-state index contributed by atoms with van der Waals surface area (Å²) in [5.74, 6) is -2.00. The third-order valence-electron chi connectivity index (χ3n) is 6.94. The number of amides is 5. The number of hydrogen-bond acceptors (Lipinski definition) is 4. The average molecular weight is 483 g/mol. The van der Waals surface area contributed by atoms with E-state index >= 15 is 0 Å². The summed E-state index contributed by atoms with van der Waals surface area (Å²) in [4.78, 5) is 54.3. The number of urea groups is 1. The van der Waals surface area contributed by atoms with Crippen LogP contribution in [0, 0.1) is 5.92 Å². The fraction of sp³-hybridized carbons (Fsp3) is 0.214. The molecule has 2 unspecified atom stereocenters. The molecule has 2 saturated heterocycles. The van der Waals surface area contributed by atoms with Gasteiger partial charge in [0.1, 0.15) is 0 Å². The highest BCUT2D eigenvalue weighted by Gasteiger charge is 2.55. The number of nitrogens with zero attached hydrogens (tertiary/aromatic N) is 2. The molecule has 0 bridgehead atoms. The fourth-order valence-electron chi connectivity index (χ4n) is 4.96. The molecule has 2 fully saturated rings. The maximum absolute atomic E-state index is 13.8. The van der Waals surface area contributed by atoms with Crippen molar-refractivity contribution in [3.8, 4) is 0 Å². The number of rotatable bonds is 6. The van der Waals surface area contributed by atoms with Gasteiger partial charge in [0.05, 0.1) is 12.0 Å². The Hall–Kier alpha value is -4.46. The normalized spacial score (nSPS) is 19.8. The van der Waals surface area contributed by atoms with Crippen LogP contribution in [0.5, 0.6) is 0 Å². The second-order valence-corrected chi connectivity index (χ2v) is 9.06. The van der Waals surface area contributed by atoms with Crippen molar-refractivity contribution in [2.45, 2.75) is 24.9 Å². The number of likely N-dealkylation sites (tertiary alicyclic amines) is 1. The number of benzene rings is 3. The number of carbonyl (C=O) groups is 4. The quantitative estimate of drug-likeness (QED) is 0.528. The lowest BCUT2D eigenvalue weighted by Crippen LogP contribution is -2.50. The van der Waals surface area contributed by atoms with Crippen molar-refractivity contribution in [2.75, 3.05) is 6.54 Å². The summed E-state index contributed by atoms with van der Waals surface area (Å²) >= 11 is 0. The highest BCUT2D eigenvalue weighted by molar-refractivity contribution is 6.10. The standard InChI is InChI=1S/C28H26N4O4/c1-19(20-11-5-2-6-12-20)31-18-21(17-24(31)33)25(34)30-32-26(35)28(29-27(32)36,22-13-7-3-8-14-22)23-15-9-4-10-16-23/h2-16,19,21H,17-18H2,1H3,(H,29,36)(H,30,34). The van der Waals surface area contributed by atoms with Crippen LogP contribution < -0.4 is 10.7 Å². The molecule has 3 aromatic rings. The number of imide groups is 1. The highest BCUT2D eigenvalue weighted by atomic mass is 16.2. The van der Waals surface area contributed by atoms with Crippen molar-refractivity contribution >= 4 is 23.8 Å². The summed E-state index contributed by atoms with van der Waals surface area (Å²) < 4.78 is 0. The van der Waals surface area contributed by atoms with Crippen LogP contribution in [0.2, 0.25) is 0 Å². The second-order valence-electron chi connectivity index (χ2n) is 9.06. The van der Waals surface area contributed by atoms with E-state index in [0.29, 0.717) is 11.1 Å². The molecule has 2 atom stereocenters. The SMILES string of the molecule is CC(c1ccccc1)N1CC(C(=O)NN2C(=O)NC(c3ccccc3)(c3ccccc3)C2=O)CC1=O. The Morgan fingerprint density at radius 1 is 0.889 bits per heavy atom. The molecule has 5 rings (SSSR count). The van der Waals surface area contributed by atoms with Gasteiger partial charge in [0.25, 0.3) is 5.91 Å². The molecule has 0 spiro atoms. The summed E-state index contributed by atoms with van der Waals surface area (Å²) in [6.45, 7) is 2.12. The summed E-state index contributed by atoms with van der Waals surface area (Å²) in [7, 11) is 0. The number of nitrogens with one attached hydrogen (secondary N) is 2. The largest absolute Gasteiger partial charge is 0.344 e. The maximum Gasteiger partial charge on any atom is 0.344 e. The predicted octanol–water partition coefficient (Wildman–Crippen LogP) is 3.12. The van der Waals surface area contributed by atoms with E-state index in [2.05, 4.69) is 10.7 Å². The molecule has 36 heavy (non-hydrogen) atoms. The monoisotopic (exact) mass is 482 g/mol. The van der Waals surface area contributed by atoms with Crippen molar-refractivity contribution in [1.82, 2.24) is 20.7 Å². The first-order valence-corrected chi connectivity index (χ1v) is 11.8. The molecule has 5 amide bonds. The van der Waals surface area contributed by atoms with Gasteiger partial charge in [-0.1, -0.05) is 91.0 Å². The Morgan fingerprint density at radius 3 is 1.97 bits per heavy atom. The first-order valence-electron chi connectivity index (χ1n) is 11.8. The molecular weight excluding hydrogens is 456 g/mol. The number of hydrazine groups is 1. The summed E-state index contributed by atoms with van der Waals surface area (Å²) in [5, 5.41) is 3.53. The van der Waals surface area contributed by atoms with Gasteiger partial charge >= 0.3 is 6.03 Å². The minimum absolute atomic E-state index is 0.00910. The van der Waals surface area contributed by atoms with Gasteiger partial charge < -0.3 is 10.2 Å². The van der Waals surface area contributed by atoms with E-state index in [1.54, 1.807) is 53.4 Å². The van der Waals surface area contributed by atoms with Crippen LogP contribution in [-0.4, -0.2) is 40.2 Å². The van der Waals surface area contributed by atoms with Crippen LogP contribution in [0.4, 0.5) is 4.79 Å². The molecule has 2 heterocycles. The maximum atomic E-state index is 13.8. The average Bonchev–Trinajstić information content (AvgIpc) is 3.43. The molecule has 0 saturated carbocycles. The molecule has 0 aliphatic carbocycles. The van der Waals surface area contributed by atoms with Crippen LogP contribution in [0.1, 0.15) is 36.1 Å². The number of hydrogen-bond donors (Lipinski definition) is 2. The fourth-order valence-corrected chi connectivity index (χ4v) is 4.96. The van der Waals surface area contributed by atoms with Gasteiger partial charge in [-0.15, -0.1) is 0 Å².